The fraction of sp³-hybridized carbons (Fsp3) is 0.192. The number of hydrogen-bond acceptors (Lipinski definition) is 6. The molecule has 1 aromatic heterocycles. The topological polar surface area (TPSA) is 176 Å². The average molecular weight is 602 g/mol. The predicted octanol–water partition coefficient (Wildman–Crippen LogP) is 4.03. The van der Waals surface area contributed by atoms with Crippen molar-refractivity contribution in [2.45, 2.75) is 18.8 Å². The second kappa shape index (κ2) is 16.2. The van der Waals surface area contributed by atoms with Crippen LogP contribution in [0.3, 0.4) is 0 Å². The summed E-state index contributed by atoms with van der Waals surface area (Å²) >= 11 is 0. The molecule has 0 aliphatic heterocycles. The number of amides is 1. The molecule has 1 amide bonds. The van der Waals surface area contributed by atoms with Crippen LogP contribution in [0.15, 0.2) is 73.1 Å². The lowest BCUT2D eigenvalue weighted by Gasteiger charge is -2.09. The minimum Gasteiger partial charge on any atom is -0.492 e. The van der Waals surface area contributed by atoms with Gasteiger partial charge in [-0.15, -0.1) is 0 Å². The fourth-order valence-corrected chi connectivity index (χ4v) is 2.70. The molecule has 6 N–H and O–H groups in total. The van der Waals surface area contributed by atoms with Gasteiger partial charge in [-0.25, -0.2) is 9.59 Å². The number of nitrogens with zero attached hydrogens (tertiary/aromatic N) is 1. The lowest BCUT2D eigenvalue weighted by atomic mass is 10.0. The molecule has 226 valence electrons. The number of pyridine rings is 1. The Kier molecular flexibility index (Phi) is 13.4. The number of carboxylic acids is 2. The highest BCUT2D eigenvalue weighted by Crippen LogP contribution is 2.14. The van der Waals surface area contributed by atoms with Crippen molar-refractivity contribution in [2.24, 2.45) is 5.73 Å². The van der Waals surface area contributed by atoms with Crippen LogP contribution >= 0.6 is 0 Å². The minimum absolute atomic E-state index is 0.00821. The molecule has 3 aromatic rings. The third kappa shape index (κ3) is 13.8. The number of aromatic nitrogens is 1. The standard InChI is InChI=1S/C22H22N4O2.2C2HF3O2/c23-21(24)19-2-1-3-20(15-19)28-13-12-26-22(27)18-6-4-16(5-7-18)14-17-8-10-25-11-9-17;2*3-2(4,5)1(6)7/h1-11,15H,12-14H2,(H3,23,24)(H,26,27);2*(H,6,7). The summed E-state index contributed by atoms with van der Waals surface area (Å²) in [6, 6.07) is 18.5. The molecule has 0 fully saturated rings. The van der Waals surface area contributed by atoms with Gasteiger partial charge in [-0.05, 0) is 53.9 Å². The van der Waals surface area contributed by atoms with Crippen molar-refractivity contribution in [1.29, 1.82) is 5.41 Å². The van der Waals surface area contributed by atoms with Crippen LogP contribution in [0.2, 0.25) is 0 Å². The van der Waals surface area contributed by atoms with Crippen molar-refractivity contribution in [3.8, 4) is 5.75 Å². The lowest BCUT2D eigenvalue weighted by Crippen LogP contribution is -2.28. The second-order valence-electron chi connectivity index (χ2n) is 7.88. The highest BCUT2D eigenvalue weighted by atomic mass is 19.4. The van der Waals surface area contributed by atoms with Crippen LogP contribution in [-0.4, -0.2) is 64.4 Å². The zero-order valence-corrected chi connectivity index (χ0v) is 21.4. The molecule has 1 heterocycles. The van der Waals surface area contributed by atoms with Gasteiger partial charge < -0.3 is 26.0 Å². The van der Waals surface area contributed by atoms with E-state index in [2.05, 4.69) is 10.3 Å². The summed E-state index contributed by atoms with van der Waals surface area (Å²) < 4.78 is 69.1. The molecule has 0 saturated heterocycles. The first kappa shape index (κ1) is 34.9. The summed E-state index contributed by atoms with van der Waals surface area (Å²) in [5.41, 5.74) is 8.99. The largest absolute Gasteiger partial charge is 0.492 e. The highest BCUT2D eigenvalue weighted by Gasteiger charge is 2.38. The van der Waals surface area contributed by atoms with Gasteiger partial charge in [0.2, 0.25) is 0 Å². The molecule has 0 radical (unpaired) electrons. The first-order valence-electron chi connectivity index (χ1n) is 11.4. The van der Waals surface area contributed by atoms with Crippen LogP contribution < -0.4 is 15.8 Å². The Morgan fingerprint density at radius 2 is 1.33 bits per heavy atom. The Balaban J connectivity index is 0.000000522. The number of carboxylic acid groups (broad SMARTS) is 2. The number of halogens is 6. The smallest absolute Gasteiger partial charge is 0.490 e. The quantitative estimate of drug-likeness (QED) is 0.111. The number of carbonyl (C=O) groups excluding carboxylic acids is 1. The first-order valence-corrected chi connectivity index (χ1v) is 11.4. The van der Waals surface area contributed by atoms with Crippen molar-refractivity contribution >= 4 is 23.7 Å². The Morgan fingerprint density at radius 1 is 0.833 bits per heavy atom. The number of alkyl halides is 6. The van der Waals surface area contributed by atoms with Gasteiger partial charge in [0.1, 0.15) is 18.2 Å². The molecule has 0 unspecified atom stereocenters. The number of hydrogen-bond donors (Lipinski definition) is 5. The summed E-state index contributed by atoms with van der Waals surface area (Å²) in [7, 11) is 0. The molecular weight excluding hydrogens is 578 g/mol. The number of nitrogen functional groups attached to an aromatic ring is 1. The third-order valence-corrected chi connectivity index (χ3v) is 4.66. The molecule has 0 atom stereocenters. The SMILES string of the molecule is N=C(N)c1cccc(OCCNC(=O)c2ccc(Cc3ccncc3)cc2)c1.O=C(O)C(F)(F)F.O=C(O)C(F)(F)F. The Hall–Kier alpha value is -5.15. The molecule has 0 aliphatic rings. The number of benzene rings is 2. The molecule has 42 heavy (non-hydrogen) atoms. The zero-order chi connectivity index (χ0) is 31.9. The van der Waals surface area contributed by atoms with E-state index in [0.717, 1.165) is 12.0 Å². The predicted molar refractivity (Wildman–Crippen MR) is 136 cm³/mol. The summed E-state index contributed by atoms with van der Waals surface area (Å²) in [5.74, 6) is -5.05. The van der Waals surface area contributed by atoms with E-state index < -0.39 is 24.3 Å². The Morgan fingerprint density at radius 3 is 1.81 bits per heavy atom. The number of nitrogens with one attached hydrogen (secondary N) is 2. The molecular formula is C26H24F6N4O6. The first-order chi connectivity index (χ1) is 19.5. The molecule has 10 nitrogen and oxygen atoms in total. The maximum Gasteiger partial charge on any atom is 0.490 e. The van der Waals surface area contributed by atoms with E-state index in [9.17, 15) is 31.1 Å². The van der Waals surface area contributed by atoms with Gasteiger partial charge in [0.05, 0.1) is 6.54 Å². The van der Waals surface area contributed by atoms with Crippen molar-refractivity contribution in [3.63, 3.8) is 0 Å². The molecule has 2 aromatic carbocycles. The maximum atomic E-state index is 12.2. The van der Waals surface area contributed by atoms with Gasteiger partial charge in [0, 0.05) is 23.5 Å². The van der Waals surface area contributed by atoms with Crippen LogP contribution in [0.1, 0.15) is 27.0 Å². The normalized spacial score (nSPS) is 10.6. The van der Waals surface area contributed by atoms with Crippen molar-refractivity contribution in [2.75, 3.05) is 13.2 Å². The average Bonchev–Trinajstić information content (AvgIpc) is 2.92. The lowest BCUT2D eigenvalue weighted by molar-refractivity contribution is -0.193. The van der Waals surface area contributed by atoms with E-state index in [0.29, 0.717) is 30.0 Å². The third-order valence-electron chi connectivity index (χ3n) is 4.66. The summed E-state index contributed by atoms with van der Waals surface area (Å²) in [6.07, 6.45) is -5.82. The Bertz CT molecular complexity index is 1310. The van der Waals surface area contributed by atoms with Crippen molar-refractivity contribution < 1.29 is 55.7 Å². The van der Waals surface area contributed by atoms with Gasteiger partial charge >= 0.3 is 24.3 Å². The van der Waals surface area contributed by atoms with Crippen molar-refractivity contribution in [1.82, 2.24) is 10.3 Å². The molecule has 3 rings (SSSR count). The summed E-state index contributed by atoms with van der Waals surface area (Å²) in [6.45, 7) is 0.703. The van der Waals surface area contributed by atoms with Crippen LogP contribution in [0.4, 0.5) is 26.3 Å². The highest BCUT2D eigenvalue weighted by molar-refractivity contribution is 5.95. The van der Waals surface area contributed by atoms with Gasteiger partial charge in [0.15, 0.2) is 0 Å². The van der Waals surface area contributed by atoms with E-state index in [4.69, 9.17) is 35.7 Å². The van der Waals surface area contributed by atoms with Crippen LogP contribution in [-0.2, 0) is 16.0 Å². The van der Waals surface area contributed by atoms with E-state index in [1.54, 1.807) is 36.7 Å². The molecule has 0 spiro atoms. The number of ether oxygens (including phenoxy) is 1. The van der Waals surface area contributed by atoms with Gasteiger partial charge in [-0.2, -0.15) is 26.3 Å². The number of aliphatic carboxylic acids is 2. The fourth-order valence-electron chi connectivity index (χ4n) is 2.70. The number of nitrogens with two attached hydrogens (primary N) is 1. The second-order valence-corrected chi connectivity index (χ2v) is 7.88. The molecule has 0 aliphatic carbocycles. The Labute approximate surface area is 234 Å². The van der Waals surface area contributed by atoms with Crippen LogP contribution in [0, 0.1) is 5.41 Å². The van der Waals surface area contributed by atoms with E-state index in [1.165, 1.54) is 5.56 Å². The van der Waals surface area contributed by atoms with Gasteiger partial charge in [-0.1, -0.05) is 24.3 Å². The van der Waals surface area contributed by atoms with Crippen molar-refractivity contribution in [3.05, 3.63) is 95.3 Å². The molecule has 0 saturated carbocycles. The number of rotatable bonds is 8. The van der Waals surface area contributed by atoms with E-state index in [-0.39, 0.29) is 11.7 Å². The van der Waals surface area contributed by atoms with Crippen LogP contribution in [0.25, 0.3) is 0 Å². The number of carbonyl (C=O) groups is 3. The minimum atomic E-state index is -5.08. The molecule has 16 heteroatoms. The molecule has 0 bridgehead atoms. The zero-order valence-electron chi connectivity index (χ0n) is 21.4. The maximum absolute atomic E-state index is 12.2. The summed E-state index contributed by atoms with van der Waals surface area (Å²) in [5, 5.41) is 24.5. The monoisotopic (exact) mass is 602 g/mol. The van der Waals surface area contributed by atoms with Gasteiger partial charge in [-0.3, -0.25) is 15.2 Å². The van der Waals surface area contributed by atoms with E-state index >= 15 is 0 Å². The summed E-state index contributed by atoms with van der Waals surface area (Å²) in [4.78, 5) is 34.1. The van der Waals surface area contributed by atoms with E-state index in [1.807, 2.05) is 36.4 Å². The van der Waals surface area contributed by atoms with Crippen LogP contribution in [0.5, 0.6) is 5.75 Å². The number of amidine groups is 1. The van der Waals surface area contributed by atoms with Gasteiger partial charge in [0.25, 0.3) is 5.91 Å².